The Hall–Kier alpha value is -1.57. The van der Waals surface area contributed by atoms with Crippen LogP contribution in [0.5, 0.6) is 0 Å². The molecule has 0 unspecified atom stereocenters. The van der Waals surface area contributed by atoms with Gasteiger partial charge >= 0.3 is 5.97 Å². The molecule has 1 atom stereocenters. The van der Waals surface area contributed by atoms with Crippen LogP contribution in [0.2, 0.25) is 0 Å². The van der Waals surface area contributed by atoms with Crippen LogP contribution in [0, 0.1) is 16.2 Å². The smallest absolute Gasteiger partial charge is 0.343 e. The van der Waals surface area contributed by atoms with E-state index in [4.69, 9.17) is 4.74 Å². The molecule has 1 aromatic rings. The summed E-state index contributed by atoms with van der Waals surface area (Å²) in [6.07, 6.45) is 0.937. The first kappa shape index (κ1) is 20.5. The van der Waals surface area contributed by atoms with Crippen molar-refractivity contribution in [1.29, 1.82) is 0 Å². The highest BCUT2D eigenvalue weighted by molar-refractivity contribution is 5.90. The second kappa shape index (κ2) is 7.13. The van der Waals surface area contributed by atoms with Crippen LogP contribution in [-0.2, 0) is 4.74 Å². The lowest BCUT2D eigenvalue weighted by Gasteiger charge is -2.47. The molecule has 134 valence electrons. The molecule has 0 fully saturated rings. The van der Waals surface area contributed by atoms with E-state index >= 15 is 0 Å². The van der Waals surface area contributed by atoms with E-state index in [0.29, 0.717) is 5.56 Å². The molecule has 0 saturated carbocycles. The minimum Gasteiger partial charge on any atom is -0.427 e. The van der Waals surface area contributed by atoms with Crippen LogP contribution in [0.4, 0.5) is 0 Å². The second-order valence-electron chi connectivity index (χ2n) is 9.40. The van der Waals surface area contributed by atoms with E-state index in [9.17, 15) is 4.79 Å². The Morgan fingerprint density at radius 1 is 0.917 bits per heavy atom. The lowest BCUT2D eigenvalue weighted by molar-refractivity contribution is 0.0169. The van der Waals surface area contributed by atoms with Crippen molar-refractivity contribution in [1.82, 2.24) is 0 Å². The minimum atomic E-state index is -0.281. The number of allylic oxidation sites excluding steroid dienone is 2. The number of ether oxygens (including phenoxy) is 1. The van der Waals surface area contributed by atoms with Crippen molar-refractivity contribution < 1.29 is 9.53 Å². The third-order valence-electron chi connectivity index (χ3n) is 4.70. The fourth-order valence-electron chi connectivity index (χ4n) is 3.24. The van der Waals surface area contributed by atoms with Crippen molar-refractivity contribution in [2.24, 2.45) is 16.2 Å². The molecule has 0 bridgehead atoms. The zero-order valence-corrected chi connectivity index (χ0v) is 16.9. The van der Waals surface area contributed by atoms with Gasteiger partial charge in [-0.15, -0.1) is 0 Å². The molecule has 1 aromatic carbocycles. The average molecular weight is 331 g/mol. The monoisotopic (exact) mass is 330 g/mol. The van der Waals surface area contributed by atoms with Gasteiger partial charge in [0.2, 0.25) is 0 Å². The fourth-order valence-corrected chi connectivity index (χ4v) is 3.24. The Bertz CT molecular complexity index is 593. The molecular formula is C22H34O2. The summed E-state index contributed by atoms with van der Waals surface area (Å²) in [6.45, 7) is 19.6. The number of benzene rings is 1. The van der Waals surface area contributed by atoms with Gasteiger partial charge in [-0.2, -0.15) is 0 Å². The molecule has 0 aliphatic rings. The standard InChI is InChI=1S/C22H34O2/c1-16(2)18(24-19(23)17-13-11-10-12-14-17)22(9,21(6,7)8)15-20(3,4)5/h10-14H,15H2,1-9H3/t22-/m0/s1. The van der Waals surface area contributed by atoms with Crippen molar-refractivity contribution in [3.63, 3.8) is 0 Å². The van der Waals surface area contributed by atoms with Gasteiger partial charge < -0.3 is 4.74 Å². The molecule has 2 heteroatoms. The van der Waals surface area contributed by atoms with Crippen molar-refractivity contribution in [3.05, 3.63) is 47.2 Å². The van der Waals surface area contributed by atoms with Gasteiger partial charge in [0.1, 0.15) is 5.76 Å². The van der Waals surface area contributed by atoms with Crippen LogP contribution in [0.15, 0.2) is 41.7 Å². The molecule has 0 radical (unpaired) electrons. The van der Waals surface area contributed by atoms with Gasteiger partial charge in [0.25, 0.3) is 0 Å². The molecule has 2 nitrogen and oxygen atoms in total. The first-order valence-corrected chi connectivity index (χ1v) is 8.73. The predicted molar refractivity (Wildman–Crippen MR) is 102 cm³/mol. The average Bonchev–Trinajstić information content (AvgIpc) is 2.41. The first-order valence-electron chi connectivity index (χ1n) is 8.73. The van der Waals surface area contributed by atoms with Crippen molar-refractivity contribution in [2.75, 3.05) is 0 Å². The normalized spacial score (nSPS) is 14.7. The first-order chi connectivity index (χ1) is 10.8. The molecule has 0 saturated heterocycles. The Labute approximate surface area is 148 Å². The zero-order valence-electron chi connectivity index (χ0n) is 16.9. The Kier molecular flexibility index (Phi) is 6.08. The Morgan fingerprint density at radius 2 is 1.42 bits per heavy atom. The number of hydrogen-bond acceptors (Lipinski definition) is 2. The van der Waals surface area contributed by atoms with Crippen LogP contribution >= 0.6 is 0 Å². The quantitative estimate of drug-likeness (QED) is 0.457. The molecule has 0 N–H and O–H groups in total. The summed E-state index contributed by atoms with van der Waals surface area (Å²) < 4.78 is 5.98. The number of hydrogen-bond donors (Lipinski definition) is 0. The summed E-state index contributed by atoms with van der Waals surface area (Å²) in [4.78, 5) is 12.6. The van der Waals surface area contributed by atoms with Crippen LogP contribution in [0.1, 0.15) is 79.1 Å². The molecular weight excluding hydrogens is 296 g/mol. The highest BCUT2D eigenvalue weighted by atomic mass is 16.5. The molecule has 0 spiro atoms. The SMILES string of the molecule is CC(C)=C(OC(=O)c1ccccc1)[C@](C)(CC(C)(C)C)C(C)(C)C. The van der Waals surface area contributed by atoms with Crippen molar-refractivity contribution in [3.8, 4) is 0 Å². The van der Waals surface area contributed by atoms with E-state index < -0.39 is 0 Å². The van der Waals surface area contributed by atoms with E-state index in [-0.39, 0.29) is 22.2 Å². The lowest BCUT2D eigenvalue weighted by atomic mass is 9.59. The fraction of sp³-hybridized carbons (Fsp3) is 0.591. The Morgan fingerprint density at radius 3 is 1.79 bits per heavy atom. The van der Waals surface area contributed by atoms with Crippen molar-refractivity contribution in [2.45, 2.75) is 68.7 Å². The number of esters is 1. The van der Waals surface area contributed by atoms with Crippen LogP contribution in [0.3, 0.4) is 0 Å². The van der Waals surface area contributed by atoms with Gasteiger partial charge in [0.05, 0.1) is 5.56 Å². The molecule has 24 heavy (non-hydrogen) atoms. The Balaban J connectivity index is 3.30. The zero-order chi connectivity index (χ0) is 18.8. The lowest BCUT2D eigenvalue weighted by Crippen LogP contribution is -2.40. The number of rotatable bonds is 4. The highest BCUT2D eigenvalue weighted by Crippen LogP contribution is 2.52. The van der Waals surface area contributed by atoms with Crippen LogP contribution in [-0.4, -0.2) is 5.97 Å². The van der Waals surface area contributed by atoms with E-state index in [2.05, 4.69) is 48.5 Å². The number of carbonyl (C=O) groups is 1. The summed E-state index contributed by atoms with van der Waals surface area (Å²) >= 11 is 0. The van der Waals surface area contributed by atoms with Gasteiger partial charge in [0.15, 0.2) is 0 Å². The van der Waals surface area contributed by atoms with Gasteiger partial charge in [-0.25, -0.2) is 4.79 Å². The van der Waals surface area contributed by atoms with Gasteiger partial charge in [0, 0.05) is 5.41 Å². The van der Waals surface area contributed by atoms with E-state index in [1.807, 2.05) is 32.0 Å². The maximum absolute atomic E-state index is 12.6. The predicted octanol–water partition coefficient (Wildman–Crippen LogP) is 6.63. The van der Waals surface area contributed by atoms with Crippen LogP contribution < -0.4 is 0 Å². The molecule has 0 amide bonds. The minimum absolute atomic E-state index is 0.0378. The molecule has 0 heterocycles. The highest BCUT2D eigenvalue weighted by Gasteiger charge is 2.45. The summed E-state index contributed by atoms with van der Waals surface area (Å²) in [6, 6.07) is 9.21. The molecule has 1 rings (SSSR count). The van der Waals surface area contributed by atoms with Gasteiger partial charge in [-0.3, -0.25) is 0 Å². The van der Waals surface area contributed by atoms with E-state index in [1.165, 1.54) is 0 Å². The molecule has 0 aliphatic carbocycles. The maximum atomic E-state index is 12.6. The van der Waals surface area contributed by atoms with Crippen molar-refractivity contribution >= 4 is 5.97 Å². The van der Waals surface area contributed by atoms with E-state index in [0.717, 1.165) is 17.8 Å². The van der Waals surface area contributed by atoms with Gasteiger partial charge in [-0.05, 0) is 48.8 Å². The third-order valence-corrected chi connectivity index (χ3v) is 4.70. The second-order valence-corrected chi connectivity index (χ2v) is 9.40. The van der Waals surface area contributed by atoms with Crippen LogP contribution in [0.25, 0.3) is 0 Å². The maximum Gasteiger partial charge on any atom is 0.343 e. The third kappa shape index (κ3) is 4.96. The van der Waals surface area contributed by atoms with E-state index in [1.54, 1.807) is 12.1 Å². The summed E-state index contributed by atoms with van der Waals surface area (Å²) in [5.74, 6) is 0.523. The topological polar surface area (TPSA) is 26.3 Å². The number of carbonyl (C=O) groups excluding carboxylic acids is 1. The molecule has 0 aromatic heterocycles. The largest absolute Gasteiger partial charge is 0.427 e. The summed E-state index contributed by atoms with van der Waals surface area (Å²) in [5, 5.41) is 0. The van der Waals surface area contributed by atoms with Gasteiger partial charge in [-0.1, -0.05) is 66.7 Å². The summed E-state index contributed by atoms with van der Waals surface area (Å²) in [5.41, 5.74) is 1.49. The molecule has 0 aliphatic heterocycles. The summed E-state index contributed by atoms with van der Waals surface area (Å²) in [7, 11) is 0.